The summed E-state index contributed by atoms with van der Waals surface area (Å²) < 4.78 is 0. The monoisotopic (exact) mass is 275 g/mol. The van der Waals surface area contributed by atoms with Gasteiger partial charge in [-0.3, -0.25) is 0 Å². The number of rotatable bonds is 2. The van der Waals surface area contributed by atoms with Crippen LogP contribution < -0.4 is 5.73 Å². The Morgan fingerprint density at radius 3 is 2.81 bits per heavy atom. The van der Waals surface area contributed by atoms with Crippen LogP contribution in [0.5, 0.6) is 0 Å². The van der Waals surface area contributed by atoms with Crippen molar-refractivity contribution in [1.29, 1.82) is 0 Å². The van der Waals surface area contributed by atoms with Crippen molar-refractivity contribution in [3.8, 4) is 0 Å². The molecule has 0 saturated heterocycles. The summed E-state index contributed by atoms with van der Waals surface area (Å²) in [5, 5.41) is 2.11. The van der Waals surface area contributed by atoms with Crippen molar-refractivity contribution < 1.29 is 0 Å². The zero-order valence-electron chi connectivity index (χ0n) is 8.96. The Morgan fingerprint density at radius 1 is 1.25 bits per heavy atom. The second kappa shape index (κ2) is 5.63. The van der Waals surface area contributed by atoms with Gasteiger partial charge in [-0.1, -0.05) is 29.6 Å². The largest absolute Gasteiger partial charge is 0.328 e. The maximum absolute atomic E-state index is 6.14. The minimum atomic E-state index is 0.351. The Bertz CT molecular complexity index is 370. The van der Waals surface area contributed by atoms with Crippen LogP contribution in [-0.2, 0) is 0 Å². The second-order valence-corrected chi connectivity index (χ2v) is 6.43. The number of benzene rings is 1. The number of hydrogen-bond donors (Lipinski definition) is 1. The van der Waals surface area contributed by atoms with Crippen LogP contribution in [0.2, 0.25) is 10.0 Å². The van der Waals surface area contributed by atoms with Crippen molar-refractivity contribution in [3.05, 3.63) is 28.2 Å². The van der Waals surface area contributed by atoms with Crippen LogP contribution in [0.3, 0.4) is 0 Å². The number of hydrogen-bond acceptors (Lipinski definition) is 2. The highest BCUT2D eigenvalue weighted by Gasteiger charge is 2.20. The molecular formula is C12H15Cl2NS. The molecule has 0 aromatic heterocycles. The summed E-state index contributed by atoms with van der Waals surface area (Å²) in [6.45, 7) is 0. The molecule has 1 aromatic carbocycles. The van der Waals surface area contributed by atoms with E-state index in [1.54, 1.807) is 0 Å². The van der Waals surface area contributed by atoms with E-state index < -0.39 is 0 Å². The normalized spacial score (nSPS) is 25.7. The molecule has 2 unspecified atom stereocenters. The maximum Gasteiger partial charge on any atom is 0.0542 e. The lowest BCUT2D eigenvalue weighted by Crippen LogP contribution is -2.29. The van der Waals surface area contributed by atoms with Gasteiger partial charge in [0.1, 0.15) is 0 Å². The fourth-order valence-electron chi connectivity index (χ4n) is 2.04. The van der Waals surface area contributed by atoms with Gasteiger partial charge in [0.25, 0.3) is 0 Å². The van der Waals surface area contributed by atoms with Gasteiger partial charge in [-0.05, 0) is 37.5 Å². The first kappa shape index (κ1) is 12.6. The summed E-state index contributed by atoms with van der Waals surface area (Å²) in [7, 11) is 0. The Balaban J connectivity index is 2.05. The highest BCUT2D eigenvalue weighted by atomic mass is 35.5. The van der Waals surface area contributed by atoms with E-state index in [9.17, 15) is 0 Å². The molecule has 0 heterocycles. The first-order valence-electron chi connectivity index (χ1n) is 5.52. The topological polar surface area (TPSA) is 26.0 Å². The molecule has 1 nitrogen and oxygen atoms in total. The van der Waals surface area contributed by atoms with Crippen LogP contribution in [-0.4, -0.2) is 11.3 Å². The SMILES string of the molecule is NC1CCCC(Sc2cc(Cl)ccc2Cl)C1. The van der Waals surface area contributed by atoms with Crippen molar-refractivity contribution in [2.24, 2.45) is 5.73 Å². The zero-order valence-corrected chi connectivity index (χ0v) is 11.3. The third-order valence-corrected chi connectivity index (χ3v) is 4.88. The fourth-order valence-corrected chi connectivity index (χ4v) is 3.89. The molecular weight excluding hydrogens is 261 g/mol. The molecule has 2 N–H and O–H groups in total. The summed E-state index contributed by atoms with van der Waals surface area (Å²) in [5.74, 6) is 0. The molecule has 0 aliphatic heterocycles. The molecule has 1 saturated carbocycles. The molecule has 1 aliphatic rings. The summed E-state index contributed by atoms with van der Waals surface area (Å²) in [5.41, 5.74) is 5.97. The quantitative estimate of drug-likeness (QED) is 0.868. The summed E-state index contributed by atoms with van der Waals surface area (Å²) in [4.78, 5) is 1.08. The third kappa shape index (κ3) is 3.30. The molecule has 0 amide bonds. The van der Waals surface area contributed by atoms with E-state index in [1.807, 2.05) is 30.0 Å². The predicted molar refractivity (Wildman–Crippen MR) is 72.6 cm³/mol. The van der Waals surface area contributed by atoms with Gasteiger partial charge >= 0.3 is 0 Å². The average Bonchev–Trinajstić information content (AvgIpc) is 2.24. The van der Waals surface area contributed by atoms with Gasteiger partial charge in [0.15, 0.2) is 0 Å². The summed E-state index contributed by atoms with van der Waals surface area (Å²) >= 11 is 13.9. The summed E-state index contributed by atoms with van der Waals surface area (Å²) in [6.07, 6.45) is 4.67. The van der Waals surface area contributed by atoms with E-state index >= 15 is 0 Å². The van der Waals surface area contributed by atoms with E-state index in [-0.39, 0.29) is 0 Å². The van der Waals surface area contributed by atoms with E-state index in [0.29, 0.717) is 11.3 Å². The van der Waals surface area contributed by atoms with Crippen LogP contribution >= 0.6 is 35.0 Å². The van der Waals surface area contributed by atoms with Crippen molar-refractivity contribution >= 4 is 35.0 Å². The van der Waals surface area contributed by atoms with E-state index in [2.05, 4.69) is 0 Å². The van der Waals surface area contributed by atoms with Crippen LogP contribution in [0.25, 0.3) is 0 Å². The summed E-state index contributed by atoms with van der Waals surface area (Å²) in [6, 6.07) is 5.97. The highest BCUT2D eigenvalue weighted by molar-refractivity contribution is 8.00. The van der Waals surface area contributed by atoms with E-state index in [4.69, 9.17) is 28.9 Å². The molecule has 1 aromatic rings. The maximum atomic E-state index is 6.14. The lowest BCUT2D eigenvalue weighted by molar-refractivity contribution is 0.451. The Hall–Kier alpha value is 0.110. The minimum Gasteiger partial charge on any atom is -0.328 e. The molecule has 0 spiro atoms. The number of thioether (sulfide) groups is 1. The lowest BCUT2D eigenvalue weighted by atomic mass is 9.96. The van der Waals surface area contributed by atoms with E-state index in [0.717, 1.165) is 27.8 Å². The first-order chi connectivity index (χ1) is 7.65. The first-order valence-corrected chi connectivity index (χ1v) is 7.16. The number of nitrogens with two attached hydrogens (primary N) is 1. The Labute approximate surface area is 111 Å². The lowest BCUT2D eigenvalue weighted by Gasteiger charge is -2.26. The van der Waals surface area contributed by atoms with Crippen LogP contribution in [0.4, 0.5) is 0 Å². The van der Waals surface area contributed by atoms with Gasteiger partial charge in [0.05, 0.1) is 5.02 Å². The molecule has 1 aliphatic carbocycles. The third-order valence-electron chi connectivity index (χ3n) is 2.85. The van der Waals surface area contributed by atoms with Gasteiger partial charge in [-0.25, -0.2) is 0 Å². The van der Waals surface area contributed by atoms with Gasteiger partial charge < -0.3 is 5.73 Å². The molecule has 4 heteroatoms. The molecule has 0 radical (unpaired) electrons. The predicted octanol–water partition coefficient (Wildman–Crippen LogP) is 4.36. The zero-order chi connectivity index (χ0) is 11.5. The van der Waals surface area contributed by atoms with Gasteiger partial charge in [-0.15, -0.1) is 11.8 Å². The molecule has 2 atom stereocenters. The van der Waals surface area contributed by atoms with Crippen molar-refractivity contribution in [1.82, 2.24) is 0 Å². The highest BCUT2D eigenvalue weighted by Crippen LogP contribution is 2.37. The molecule has 1 fully saturated rings. The van der Waals surface area contributed by atoms with Gasteiger partial charge in [0, 0.05) is 21.2 Å². The van der Waals surface area contributed by atoms with Crippen molar-refractivity contribution in [2.45, 2.75) is 41.9 Å². The molecule has 0 bridgehead atoms. The van der Waals surface area contributed by atoms with Crippen LogP contribution in [0.1, 0.15) is 25.7 Å². The molecule has 16 heavy (non-hydrogen) atoms. The van der Waals surface area contributed by atoms with E-state index in [1.165, 1.54) is 12.8 Å². The average molecular weight is 276 g/mol. The Kier molecular flexibility index (Phi) is 4.42. The van der Waals surface area contributed by atoms with Gasteiger partial charge in [0.2, 0.25) is 0 Å². The smallest absolute Gasteiger partial charge is 0.0542 e. The Morgan fingerprint density at radius 2 is 2.06 bits per heavy atom. The van der Waals surface area contributed by atoms with Crippen LogP contribution in [0, 0.1) is 0 Å². The van der Waals surface area contributed by atoms with Crippen molar-refractivity contribution in [2.75, 3.05) is 0 Å². The fraction of sp³-hybridized carbons (Fsp3) is 0.500. The van der Waals surface area contributed by atoms with Crippen molar-refractivity contribution in [3.63, 3.8) is 0 Å². The second-order valence-electron chi connectivity index (χ2n) is 4.24. The number of halogens is 2. The standard InChI is InChI=1S/C12H15Cl2NS/c13-8-4-5-11(14)12(6-8)16-10-3-1-2-9(15)7-10/h4-6,9-10H,1-3,7,15H2. The van der Waals surface area contributed by atoms with Crippen LogP contribution in [0.15, 0.2) is 23.1 Å². The molecule has 2 rings (SSSR count). The minimum absolute atomic E-state index is 0.351. The van der Waals surface area contributed by atoms with Gasteiger partial charge in [-0.2, -0.15) is 0 Å². The molecule has 88 valence electrons.